The second kappa shape index (κ2) is 3.63. The van der Waals surface area contributed by atoms with Gasteiger partial charge < -0.3 is 5.11 Å². The Balaban J connectivity index is 1.73. The van der Waals surface area contributed by atoms with Gasteiger partial charge in [0, 0.05) is 17.4 Å². The fraction of sp³-hybridized carbons (Fsp3) is 0.316. The number of aliphatic hydroxyl groups is 1. The van der Waals surface area contributed by atoms with Crippen LogP contribution in [0.1, 0.15) is 63.2 Å². The molecular weight excluding hydrogens is 260 g/mol. The monoisotopic (exact) mass is 276 g/mol. The molecule has 1 fully saturated rings. The van der Waals surface area contributed by atoms with Crippen molar-refractivity contribution in [3.05, 3.63) is 70.3 Å². The largest absolute Gasteiger partial charge is 0.384 e. The van der Waals surface area contributed by atoms with E-state index in [1.807, 2.05) is 18.2 Å². The zero-order valence-corrected chi connectivity index (χ0v) is 11.6. The van der Waals surface area contributed by atoms with Gasteiger partial charge in [0.05, 0.1) is 0 Å². The van der Waals surface area contributed by atoms with Crippen LogP contribution in [0.4, 0.5) is 0 Å². The molecule has 2 nitrogen and oxygen atoms in total. The summed E-state index contributed by atoms with van der Waals surface area (Å²) in [5.41, 5.74) is 4.59. The minimum absolute atomic E-state index is 0.168. The molecule has 0 bridgehead atoms. The standard InChI is InChI=1S/C19H16O2/c20-10-11-4-3-7-15-16-9-8-14-12-5-1-2-6-13(12)18(14)19(16,21)17(11)15/h1-7,10,14,16,18,21H,8-9H2/t14-,16-,18+,19+/m1/s1. The fourth-order valence-corrected chi connectivity index (χ4v) is 5.17. The molecule has 0 aromatic heterocycles. The first-order valence-corrected chi connectivity index (χ1v) is 7.66. The van der Waals surface area contributed by atoms with Crippen LogP contribution in [0.2, 0.25) is 0 Å². The third-order valence-corrected chi connectivity index (χ3v) is 5.94. The highest BCUT2D eigenvalue weighted by Gasteiger charge is 2.64. The Kier molecular flexibility index (Phi) is 2.02. The van der Waals surface area contributed by atoms with Crippen LogP contribution in [-0.2, 0) is 5.60 Å². The van der Waals surface area contributed by atoms with Crippen LogP contribution < -0.4 is 0 Å². The normalized spacial score (nSPS) is 34.4. The van der Waals surface area contributed by atoms with Crippen LogP contribution in [0.15, 0.2) is 42.5 Å². The van der Waals surface area contributed by atoms with Gasteiger partial charge in [0.1, 0.15) is 11.9 Å². The molecule has 2 aromatic carbocycles. The molecule has 0 aliphatic heterocycles. The summed E-state index contributed by atoms with van der Waals surface area (Å²) in [7, 11) is 0. The van der Waals surface area contributed by atoms with Crippen molar-refractivity contribution in [1.82, 2.24) is 0 Å². The van der Waals surface area contributed by atoms with Gasteiger partial charge in [-0.1, -0.05) is 42.5 Å². The molecule has 1 saturated carbocycles. The highest BCUT2D eigenvalue weighted by Crippen LogP contribution is 2.71. The van der Waals surface area contributed by atoms with Crippen LogP contribution in [0.3, 0.4) is 0 Å². The molecule has 104 valence electrons. The lowest BCUT2D eigenvalue weighted by Crippen LogP contribution is -2.56. The van der Waals surface area contributed by atoms with Gasteiger partial charge in [0.25, 0.3) is 0 Å². The minimum atomic E-state index is -0.829. The van der Waals surface area contributed by atoms with Gasteiger partial charge in [0.15, 0.2) is 0 Å². The molecule has 0 spiro atoms. The van der Waals surface area contributed by atoms with Gasteiger partial charge in [-0.25, -0.2) is 0 Å². The SMILES string of the molecule is O=Cc1cccc2c1[C@@]1(O)[C@@H]2CC[C@@H]2c3ccccc3[C@@H]21. The van der Waals surface area contributed by atoms with E-state index in [9.17, 15) is 9.90 Å². The molecule has 0 saturated heterocycles. The lowest BCUT2D eigenvalue weighted by Gasteiger charge is -2.62. The molecular formula is C19H16O2. The lowest BCUT2D eigenvalue weighted by molar-refractivity contribution is -0.0867. The van der Waals surface area contributed by atoms with Gasteiger partial charge in [-0.15, -0.1) is 0 Å². The third-order valence-electron chi connectivity index (χ3n) is 5.94. The number of rotatable bonds is 1. The maximum atomic E-state index is 11.5. The summed E-state index contributed by atoms with van der Waals surface area (Å²) < 4.78 is 0. The molecule has 5 rings (SSSR count). The van der Waals surface area contributed by atoms with Gasteiger partial charge in [0.2, 0.25) is 0 Å². The number of aldehydes is 1. The Morgan fingerprint density at radius 3 is 2.57 bits per heavy atom. The van der Waals surface area contributed by atoms with Gasteiger partial charge >= 0.3 is 0 Å². The molecule has 0 heterocycles. The predicted molar refractivity (Wildman–Crippen MR) is 79.6 cm³/mol. The van der Waals surface area contributed by atoms with Gasteiger partial charge in [-0.3, -0.25) is 4.79 Å². The van der Waals surface area contributed by atoms with E-state index in [1.165, 1.54) is 16.7 Å². The van der Waals surface area contributed by atoms with Crippen molar-refractivity contribution in [1.29, 1.82) is 0 Å². The van der Waals surface area contributed by atoms with Crippen molar-refractivity contribution >= 4 is 6.29 Å². The summed E-state index contributed by atoms with van der Waals surface area (Å²) >= 11 is 0. The zero-order valence-electron chi connectivity index (χ0n) is 11.6. The lowest BCUT2D eigenvalue weighted by atomic mass is 9.44. The van der Waals surface area contributed by atoms with Crippen LogP contribution in [-0.4, -0.2) is 11.4 Å². The maximum Gasteiger partial charge on any atom is 0.150 e. The number of hydrogen-bond acceptors (Lipinski definition) is 2. The van der Waals surface area contributed by atoms with Crippen LogP contribution in [0.25, 0.3) is 0 Å². The average Bonchev–Trinajstić information content (AvgIpc) is 2.50. The molecule has 0 radical (unpaired) electrons. The van der Waals surface area contributed by atoms with E-state index in [-0.39, 0.29) is 11.8 Å². The van der Waals surface area contributed by atoms with Gasteiger partial charge in [-0.05, 0) is 41.0 Å². The number of hydrogen-bond donors (Lipinski definition) is 1. The van der Waals surface area contributed by atoms with Crippen molar-refractivity contribution in [2.75, 3.05) is 0 Å². The molecule has 3 aliphatic rings. The zero-order chi connectivity index (χ0) is 14.2. The van der Waals surface area contributed by atoms with E-state index >= 15 is 0 Å². The van der Waals surface area contributed by atoms with Crippen molar-refractivity contribution in [2.24, 2.45) is 0 Å². The van der Waals surface area contributed by atoms with Crippen molar-refractivity contribution in [3.63, 3.8) is 0 Å². The number of fused-ring (bicyclic) bond motifs is 9. The summed E-state index contributed by atoms with van der Waals surface area (Å²) in [6.07, 6.45) is 3.04. The Labute approximate surface area is 123 Å². The average molecular weight is 276 g/mol. The van der Waals surface area contributed by atoms with Crippen molar-refractivity contribution in [3.8, 4) is 0 Å². The molecule has 0 unspecified atom stereocenters. The number of carbonyl (C=O) groups excluding carboxylic acids is 1. The molecule has 3 aliphatic carbocycles. The maximum absolute atomic E-state index is 11.5. The Hall–Kier alpha value is -1.93. The summed E-state index contributed by atoms with van der Waals surface area (Å²) in [4.78, 5) is 11.4. The smallest absolute Gasteiger partial charge is 0.150 e. The second-order valence-corrected chi connectivity index (χ2v) is 6.60. The van der Waals surface area contributed by atoms with E-state index in [4.69, 9.17) is 0 Å². The Morgan fingerprint density at radius 1 is 1.00 bits per heavy atom. The van der Waals surface area contributed by atoms with Crippen LogP contribution >= 0.6 is 0 Å². The van der Waals surface area contributed by atoms with Crippen molar-refractivity contribution in [2.45, 2.75) is 36.2 Å². The van der Waals surface area contributed by atoms with E-state index in [0.717, 1.165) is 24.7 Å². The quantitative estimate of drug-likeness (QED) is 0.810. The summed E-state index contributed by atoms with van der Waals surface area (Å²) in [5.74, 6) is 0.818. The minimum Gasteiger partial charge on any atom is -0.384 e. The molecule has 4 atom stereocenters. The van der Waals surface area contributed by atoms with E-state index in [2.05, 4.69) is 24.3 Å². The van der Waals surface area contributed by atoms with Crippen LogP contribution in [0.5, 0.6) is 0 Å². The van der Waals surface area contributed by atoms with Gasteiger partial charge in [-0.2, -0.15) is 0 Å². The third kappa shape index (κ3) is 1.14. The predicted octanol–water partition coefficient (Wildman–Crippen LogP) is 3.46. The number of benzene rings is 2. The highest BCUT2D eigenvalue weighted by atomic mass is 16.3. The Bertz CT molecular complexity index is 779. The van der Waals surface area contributed by atoms with E-state index < -0.39 is 5.60 Å². The second-order valence-electron chi connectivity index (χ2n) is 6.60. The van der Waals surface area contributed by atoms with E-state index in [0.29, 0.717) is 11.5 Å². The number of carbonyl (C=O) groups is 1. The molecule has 2 aromatic rings. The molecule has 2 heteroatoms. The summed E-state index contributed by atoms with van der Waals surface area (Å²) in [5, 5.41) is 11.5. The molecule has 1 N–H and O–H groups in total. The fourth-order valence-electron chi connectivity index (χ4n) is 5.17. The summed E-state index contributed by atoms with van der Waals surface area (Å²) in [6.45, 7) is 0. The van der Waals surface area contributed by atoms with Crippen molar-refractivity contribution < 1.29 is 9.90 Å². The van der Waals surface area contributed by atoms with E-state index in [1.54, 1.807) is 0 Å². The first-order valence-electron chi connectivity index (χ1n) is 7.66. The van der Waals surface area contributed by atoms with Crippen LogP contribution in [0, 0.1) is 0 Å². The molecule has 0 amide bonds. The first-order chi connectivity index (χ1) is 10.3. The molecule has 21 heavy (non-hydrogen) atoms. The Morgan fingerprint density at radius 2 is 1.76 bits per heavy atom. The first kappa shape index (κ1) is 11.7. The summed E-state index contributed by atoms with van der Waals surface area (Å²) in [6, 6.07) is 14.3. The highest BCUT2D eigenvalue weighted by molar-refractivity contribution is 5.81. The topological polar surface area (TPSA) is 37.3 Å².